The van der Waals surface area contributed by atoms with Crippen molar-refractivity contribution in [3.8, 4) is 0 Å². The van der Waals surface area contributed by atoms with Crippen LogP contribution in [-0.2, 0) is 0 Å². The highest BCUT2D eigenvalue weighted by molar-refractivity contribution is 5.74. The average molecular weight is 237 g/mol. The molecular weight excluding hydrogens is 214 g/mol. The van der Waals surface area contributed by atoms with Crippen LogP contribution in [0.1, 0.15) is 44.9 Å². The fourth-order valence-electron chi connectivity index (χ4n) is 3.46. The van der Waals surface area contributed by atoms with E-state index in [2.05, 4.69) is 10.6 Å². The quantitative estimate of drug-likeness (QED) is 0.725. The van der Waals surface area contributed by atoms with Crippen LogP contribution >= 0.6 is 0 Å². The van der Waals surface area contributed by atoms with Crippen molar-refractivity contribution in [3.05, 3.63) is 0 Å². The number of carbonyl (C=O) groups is 1. The Morgan fingerprint density at radius 1 is 1.06 bits per heavy atom. The minimum absolute atomic E-state index is 0.172. The van der Waals surface area contributed by atoms with Crippen LogP contribution in [0.2, 0.25) is 0 Å². The molecule has 1 saturated carbocycles. The van der Waals surface area contributed by atoms with E-state index in [1.54, 1.807) is 0 Å². The van der Waals surface area contributed by atoms with Crippen molar-refractivity contribution >= 4 is 6.03 Å². The van der Waals surface area contributed by atoms with Crippen LogP contribution in [0.4, 0.5) is 4.79 Å². The Labute approximate surface area is 103 Å². The molecule has 2 amide bonds. The predicted octanol–water partition coefficient (Wildman–Crippen LogP) is 1.46. The molecular formula is C13H23N3O. The molecule has 0 aromatic carbocycles. The molecule has 0 spiro atoms. The Bertz CT molecular complexity index is 288. The van der Waals surface area contributed by atoms with Gasteiger partial charge in [-0.25, -0.2) is 4.79 Å². The lowest BCUT2D eigenvalue weighted by atomic mass is 10.1. The Morgan fingerprint density at radius 3 is 2.65 bits per heavy atom. The van der Waals surface area contributed by atoms with E-state index in [9.17, 15) is 4.79 Å². The number of amides is 2. The van der Waals surface area contributed by atoms with Crippen molar-refractivity contribution in [1.29, 1.82) is 0 Å². The van der Waals surface area contributed by atoms with Gasteiger partial charge in [0.2, 0.25) is 0 Å². The van der Waals surface area contributed by atoms with Crippen LogP contribution in [0.15, 0.2) is 0 Å². The number of fused-ring (bicyclic) bond motifs is 2. The zero-order valence-corrected chi connectivity index (χ0v) is 10.5. The third-order valence-electron chi connectivity index (χ3n) is 4.49. The Morgan fingerprint density at radius 2 is 1.82 bits per heavy atom. The number of urea groups is 1. The van der Waals surface area contributed by atoms with Gasteiger partial charge in [-0.15, -0.1) is 0 Å². The van der Waals surface area contributed by atoms with E-state index < -0.39 is 0 Å². The van der Waals surface area contributed by atoms with Gasteiger partial charge in [-0.05, 0) is 32.1 Å². The molecule has 17 heavy (non-hydrogen) atoms. The molecule has 2 bridgehead atoms. The lowest BCUT2D eigenvalue weighted by Gasteiger charge is -2.26. The molecule has 0 aromatic rings. The second kappa shape index (κ2) is 4.84. The Balaban J connectivity index is 1.54. The van der Waals surface area contributed by atoms with Gasteiger partial charge in [0.1, 0.15) is 0 Å². The van der Waals surface area contributed by atoms with Crippen LogP contribution in [0.5, 0.6) is 0 Å². The fourth-order valence-corrected chi connectivity index (χ4v) is 3.46. The van der Waals surface area contributed by atoms with Crippen molar-refractivity contribution in [2.24, 2.45) is 0 Å². The number of nitrogens with one attached hydrogen (secondary N) is 2. The standard InChI is InChI=1S/C13H23N3O/c17-13(15-10-3-1-2-4-10)16-8-7-11-5-6-12(9-16)14-11/h10-12,14H,1-9H2,(H,15,17). The molecule has 3 aliphatic rings. The summed E-state index contributed by atoms with van der Waals surface area (Å²) in [5.41, 5.74) is 0. The molecule has 2 N–H and O–H groups in total. The largest absolute Gasteiger partial charge is 0.335 e. The van der Waals surface area contributed by atoms with Crippen LogP contribution in [0, 0.1) is 0 Å². The minimum Gasteiger partial charge on any atom is -0.335 e. The maximum Gasteiger partial charge on any atom is 0.317 e. The van der Waals surface area contributed by atoms with Gasteiger partial charge in [0.25, 0.3) is 0 Å². The molecule has 4 heteroatoms. The van der Waals surface area contributed by atoms with E-state index in [0.29, 0.717) is 18.1 Å². The summed E-state index contributed by atoms with van der Waals surface area (Å²) in [4.78, 5) is 14.2. The first-order valence-corrected chi connectivity index (χ1v) is 7.13. The van der Waals surface area contributed by atoms with Gasteiger partial charge >= 0.3 is 6.03 Å². The van der Waals surface area contributed by atoms with Crippen molar-refractivity contribution < 1.29 is 4.79 Å². The van der Waals surface area contributed by atoms with Crippen molar-refractivity contribution in [2.45, 2.75) is 63.1 Å². The fraction of sp³-hybridized carbons (Fsp3) is 0.923. The smallest absolute Gasteiger partial charge is 0.317 e. The summed E-state index contributed by atoms with van der Waals surface area (Å²) in [6.07, 6.45) is 8.54. The van der Waals surface area contributed by atoms with E-state index in [0.717, 1.165) is 19.5 Å². The summed E-state index contributed by atoms with van der Waals surface area (Å²) < 4.78 is 0. The van der Waals surface area contributed by atoms with E-state index >= 15 is 0 Å². The lowest BCUT2D eigenvalue weighted by Crippen LogP contribution is -2.47. The minimum atomic E-state index is 0.172. The molecule has 4 nitrogen and oxygen atoms in total. The number of hydrogen-bond donors (Lipinski definition) is 2. The SMILES string of the molecule is O=C(NC1CCCC1)N1CCC2CCC(C1)N2. The summed E-state index contributed by atoms with van der Waals surface area (Å²) in [6, 6.07) is 1.81. The van der Waals surface area contributed by atoms with Crippen molar-refractivity contribution in [2.75, 3.05) is 13.1 Å². The average Bonchev–Trinajstić information content (AvgIpc) is 2.88. The molecule has 2 atom stereocenters. The maximum atomic E-state index is 12.2. The number of rotatable bonds is 1. The normalized spacial score (nSPS) is 33.8. The first kappa shape index (κ1) is 11.3. The zero-order valence-electron chi connectivity index (χ0n) is 10.5. The topological polar surface area (TPSA) is 44.4 Å². The van der Waals surface area contributed by atoms with E-state index in [1.165, 1.54) is 38.5 Å². The second-order valence-corrected chi connectivity index (χ2v) is 5.80. The third kappa shape index (κ3) is 2.57. The van der Waals surface area contributed by atoms with E-state index in [-0.39, 0.29) is 6.03 Å². The van der Waals surface area contributed by atoms with Crippen LogP contribution < -0.4 is 10.6 Å². The highest BCUT2D eigenvalue weighted by atomic mass is 16.2. The first-order chi connectivity index (χ1) is 8.31. The van der Waals surface area contributed by atoms with Crippen LogP contribution in [0.25, 0.3) is 0 Å². The van der Waals surface area contributed by atoms with Crippen LogP contribution in [-0.4, -0.2) is 42.1 Å². The van der Waals surface area contributed by atoms with Gasteiger partial charge in [-0.2, -0.15) is 0 Å². The highest BCUT2D eigenvalue weighted by Gasteiger charge is 2.31. The van der Waals surface area contributed by atoms with Gasteiger partial charge in [0.05, 0.1) is 0 Å². The molecule has 3 fully saturated rings. The molecule has 0 aromatic heterocycles. The van der Waals surface area contributed by atoms with Crippen LogP contribution in [0.3, 0.4) is 0 Å². The van der Waals surface area contributed by atoms with Gasteiger partial charge in [-0.3, -0.25) is 0 Å². The first-order valence-electron chi connectivity index (χ1n) is 7.13. The number of nitrogens with zero attached hydrogens (tertiary/aromatic N) is 1. The van der Waals surface area contributed by atoms with Gasteiger partial charge in [0.15, 0.2) is 0 Å². The summed E-state index contributed by atoms with van der Waals surface area (Å²) in [5, 5.41) is 6.80. The van der Waals surface area contributed by atoms with Crippen molar-refractivity contribution in [3.63, 3.8) is 0 Å². The summed E-state index contributed by atoms with van der Waals surface area (Å²) >= 11 is 0. The molecule has 1 aliphatic carbocycles. The molecule has 2 saturated heterocycles. The molecule has 3 rings (SSSR count). The molecule has 2 heterocycles. The maximum absolute atomic E-state index is 12.2. The summed E-state index contributed by atoms with van der Waals surface area (Å²) in [7, 11) is 0. The third-order valence-corrected chi connectivity index (χ3v) is 4.49. The Kier molecular flexibility index (Phi) is 3.23. The van der Waals surface area contributed by atoms with Gasteiger partial charge in [0, 0.05) is 31.2 Å². The highest BCUT2D eigenvalue weighted by Crippen LogP contribution is 2.21. The monoisotopic (exact) mass is 237 g/mol. The molecule has 0 radical (unpaired) electrons. The number of hydrogen-bond acceptors (Lipinski definition) is 2. The molecule has 2 unspecified atom stereocenters. The van der Waals surface area contributed by atoms with Crippen molar-refractivity contribution in [1.82, 2.24) is 15.5 Å². The number of likely N-dealkylation sites (tertiary alicyclic amines) is 1. The summed E-state index contributed by atoms with van der Waals surface area (Å²) in [5.74, 6) is 0. The lowest BCUT2D eigenvalue weighted by molar-refractivity contribution is 0.190. The predicted molar refractivity (Wildman–Crippen MR) is 66.9 cm³/mol. The van der Waals surface area contributed by atoms with Gasteiger partial charge < -0.3 is 15.5 Å². The summed E-state index contributed by atoms with van der Waals surface area (Å²) in [6.45, 7) is 1.82. The second-order valence-electron chi connectivity index (χ2n) is 5.80. The Hall–Kier alpha value is -0.770. The molecule has 2 aliphatic heterocycles. The zero-order chi connectivity index (χ0) is 11.7. The van der Waals surface area contributed by atoms with Gasteiger partial charge in [-0.1, -0.05) is 12.8 Å². The van der Waals surface area contributed by atoms with E-state index in [4.69, 9.17) is 0 Å². The number of carbonyl (C=O) groups excluding carboxylic acids is 1. The molecule has 96 valence electrons. The van der Waals surface area contributed by atoms with E-state index in [1.807, 2.05) is 4.90 Å².